The number of methoxy groups -OCH3 is 1. The molecule has 2 N–H and O–H groups in total. The summed E-state index contributed by atoms with van der Waals surface area (Å²) in [5.74, 6) is 0.799. The lowest BCUT2D eigenvalue weighted by Crippen LogP contribution is -2.35. The van der Waals surface area contributed by atoms with Crippen molar-refractivity contribution in [3.8, 4) is 5.75 Å². The number of fused-ring (bicyclic) bond motifs is 1. The zero-order valence-electron chi connectivity index (χ0n) is 19.9. The maximum absolute atomic E-state index is 13.0. The fourth-order valence-electron chi connectivity index (χ4n) is 3.93. The molecular formula is C28H29N3O2S. The molecule has 34 heavy (non-hydrogen) atoms. The van der Waals surface area contributed by atoms with E-state index in [0.717, 1.165) is 39.0 Å². The van der Waals surface area contributed by atoms with E-state index in [0.29, 0.717) is 23.8 Å². The first kappa shape index (κ1) is 23.5. The number of thiocarbonyl (C=S) groups is 1. The van der Waals surface area contributed by atoms with Crippen molar-refractivity contribution < 1.29 is 4.74 Å². The molecule has 6 heteroatoms. The minimum atomic E-state index is -0.0981. The van der Waals surface area contributed by atoms with Crippen LogP contribution in [-0.4, -0.2) is 22.1 Å². The molecule has 0 bridgehead atoms. The lowest BCUT2D eigenvalue weighted by atomic mass is 10.0. The van der Waals surface area contributed by atoms with Gasteiger partial charge in [-0.1, -0.05) is 42.0 Å². The lowest BCUT2D eigenvalue weighted by molar-refractivity contribution is 0.406. The molecule has 0 amide bonds. The summed E-state index contributed by atoms with van der Waals surface area (Å²) in [5, 5.41) is 4.94. The molecule has 1 heterocycles. The topological polar surface area (TPSA) is 57.4 Å². The molecule has 0 saturated heterocycles. The van der Waals surface area contributed by atoms with E-state index in [1.807, 2.05) is 79.4 Å². The van der Waals surface area contributed by atoms with Gasteiger partial charge in [0.05, 0.1) is 19.2 Å². The van der Waals surface area contributed by atoms with Gasteiger partial charge in [-0.25, -0.2) is 0 Å². The number of aromatic amines is 1. The number of nitrogens with one attached hydrogen (secondary N) is 2. The molecule has 4 rings (SSSR count). The number of aromatic nitrogens is 1. The number of hydrogen-bond donors (Lipinski definition) is 2. The van der Waals surface area contributed by atoms with Crippen LogP contribution < -0.4 is 15.6 Å². The van der Waals surface area contributed by atoms with Crippen LogP contribution in [0.1, 0.15) is 27.8 Å². The van der Waals surface area contributed by atoms with E-state index in [4.69, 9.17) is 17.0 Å². The van der Waals surface area contributed by atoms with Gasteiger partial charge in [0.25, 0.3) is 5.56 Å². The SMILES string of the molecule is COc1ccc(CN(Cc2cc3c(C)ccc(C)c3[nH]c2=O)C(=S)Nc2ccc(C)cc2)cc1. The Morgan fingerprint density at radius 2 is 1.62 bits per heavy atom. The second-order valence-electron chi connectivity index (χ2n) is 8.61. The first-order chi connectivity index (χ1) is 16.3. The normalized spacial score (nSPS) is 10.8. The number of hydrogen-bond acceptors (Lipinski definition) is 3. The highest BCUT2D eigenvalue weighted by atomic mass is 32.1. The molecule has 0 fully saturated rings. The van der Waals surface area contributed by atoms with Crippen LogP contribution in [0.4, 0.5) is 5.69 Å². The highest BCUT2D eigenvalue weighted by molar-refractivity contribution is 7.80. The van der Waals surface area contributed by atoms with Crippen LogP contribution in [0.15, 0.2) is 71.5 Å². The summed E-state index contributed by atoms with van der Waals surface area (Å²) in [6.07, 6.45) is 0. The van der Waals surface area contributed by atoms with E-state index in [1.54, 1.807) is 7.11 Å². The molecule has 0 aliphatic heterocycles. The molecule has 174 valence electrons. The van der Waals surface area contributed by atoms with Gasteiger partial charge < -0.3 is 19.9 Å². The van der Waals surface area contributed by atoms with Gasteiger partial charge in [0.2, 0.25) is 0 Å². The van der Waals surface area contributed by atoms with Crippen LogP contribution in [0.2, 0.25) is 0 Å². The third kappa shape index (κ3) is 5.29. The number of anilines is 1. The maximum Gasteiger partial charge on any atom is 0.253 e. The van der Waals surface area contributed by atoms with E-state index in [2.05, 4.69) is 23.3 Å². The van der Waals surface area contributed by atoms with Gasteiger partial charge in [-0.3, -0.25) is 4.79 Å². The molecule has 0 saturated carbocycles. The first-order valence-corrected chi connectivity index (χ1v) is 11.6. The van der Waals surface area contributed by atoms with Crippen LogP contribution >= 0.6 is 12.2 Å². The summed E-state index contributed by atoms with van der Waals surface area (Å²) in [6, 6.07) is 22.1. The summed E-state index contributed by atoms with van der Waals surface area (Å²) in [4.78, 5) is 18.1. The average Bonchev–Trinajstić information content (AvgIpc) is 2.83. The van der Waals surface area contributed by atoms with Crippen molar-refractivity contribution in [2.24, 2.45) is 0 Å². The Balaban J connectivity index is 1.67. The van der Waals surface area contributed by atoms with Crippen LogP contribution in [-0.2, 0) is 13.1 Å². The van der Waals surface area contributed by atoms with Crippen molar-refractivity contribution >= 4 is 33.9 Å². The molecule has 3 aromatic carbocycles. The molecule has 5 nitrogen and oxygen atoms in total. The van der Waals surface area contributed by atoms with Crippen molar-refractivity contribution in [1.29, 1.82) is 0 Å². The van der Waals surface area contributed by atoms with Gasteiger partial charge in [-0.15, -0.1) is 0 Å². The summed E-state index contributed by atoms with van der Waals surface area (Å²) < 4.78 is 5.29. The fraction of sp³-hybridized carbons (Fsp3) is 0.214. The zero-order valence-corrected chi connectivity index (χ0v) is 20.8. The number of rotatable bonds is 6. The van der Waals surface area contributed by atoms with E-state index in [9.17, 15) is 4.79 Å². The van der Waals surface area contributed by atoms with Crippen LogP contribution in [0.3, 0.4) is 0 Å². The van der Waals surface area contributed by atoms with E-state index in [-0.39, 0.29) is 5.56 Å². The van der Waals surface area contributed by atoms with E-state index in [1.165, 1.54) is 5.56 Å². The van der Waals surface area contributed by atoms with Crippen molar-refractivity contribution in [3.63, 3.8) is 0 Å². The standard InChI is InChI=1S/C28H29N3O2S/c1-18-5-11-23(12-6-18)29-28(34)31(16-21-9-13-24(33-4)14-10-21)17-22-15-25-19(2)7-8-20(3)26(25)30-27(22)32/h5-15H,16-17H2,1-4H3,(H,29,34)(H,30,32). The Labute approximate surface area is 205 Å². The predicted molar refractivity (Wildman–Crippen MR) is 144 cm³/mol. The lowest BCUT2D eigenvalue weighted by Gasteiger charge is -2.26. The summed E-state index contributed by atoms with van der Waals surface area (Å²) in [6.45, 7) is 7.04. The third-order valence-corrected chi connectivity index (χ3v) is 6.36. The summed E-state index contributed by atoms with van der Waals surface area (Å²) in [5.41, 5.74) is 6.79. The Morgan fingerprint density at radius 1 is 0.941 bits per heavy atom. The second kappa shape index (κ2) is 10.1. The van der Waals surface area contributed by atoms with Gasteiger partial charge >= 0.3 is 0 Å². The van der Waals surface area contributed by atoms with Crippen LogP contribution in [0.25, 0.3) is 10.9 Å². The molecule has 1 aromatic heterocycles. The number of pyridine rings is 1. The van der Waals surface area contributed by atoms with Gasteiger partial charge in [-0.05, 0) is 80.0 Å². The van der Waals surface area contributed by atoms with Gasteiger partial charge in [0, 0.05) is 23.2 Å². The molecule has 0 radical (unpaired) electrons. The second-order valence-corrected chi connectivity index (χ2v) is 9.00. The number of benzene rings is 3. The number of H-pyrrole nitrogens is 1. The molecule has 0 aliphatic rings. The van der Waals surface area contributed by atoms with Gasteiger partial charge in [0.1, 0.15) is 5.75 Å². The largest absolute Gasteiger partial charge is 0.497 e. The Hall–Kier alpha value is -3.64. The van der Waals surface area contributed by atoms with Crippen molar-refractivity contribution in [3.05, 3.63) is 105 Å². The van der Waals surface area contributed by atoms with Gasteiger partial charge in [0.15, 0.2) is 5.11 Å². The zero-order chi connectivity index (χ0) is 24.2. The summed E-state index contributed by atoms with van der Waals surface area (Å²) in [7, 11) is 1.65. The minimum Gasteiger partial charge on any atom is -0.497 e. The molecule has 0 atom stereocenters. The number of nitrogens with zero attached hydrogens (tertiary/aromatic N) is 1. The van der Waals surface area contributed by atoms with Crippen LogP contribution in [0.5, 0.6) is 5.75 Å². The van der Waals surface area contributed by atoms with E-state index < -0.39 is 0 Å². The number of ether oxygens (including phenoxy) is 1. The Morgan fingerprint density at radius 3 is 2.29 bits per heavy atom. The van der Waals surface area contributed by atoms with Gasteiger partial charge in [-0.2, -0.15) is 0 Å². The molecule has 0 unspecified atom stereocenters. The molecule has 0 aliphatic carbocycles. The fourth-order valence-corrected chi connectivity index (χ4v) is 4.18. The van der Waals surface area contributed by atoms with Crippen molar-refractivity contribution in [2.45, 2.75) is 33.9 Å². The highest BCUT2D eigenvalue weighted by Gasteiger charge is 2.15. The van der Waals surface area contributed by atoms with Crippen LogP contribution in [0, 0.1) is 20.8 Å². The third-order valence-electron chi connectivity index (χ3n) is 6.00. The Bertz CT molecular complexity index is 1380. The average molecular weight is 472 g/mol. The quantitative estimate of drug-likeness (QED) is 0.345. The monoisotopic (exact) mass is 471 g/mol. The molecule has 4 aromatic rings. The van der Waals surface area contributed by atoms with Crippen molar-refractivity contribution in [2.75, 3.05) is 12.4 Å². The smallest absolute Gasteiger partial charge is 0.253 e. The minimum absolute atomic E-state index is 0.0981. The number of aryl methyl sites for hydroxylation is 3. The Kier molecular flexibility index (Phi) is 6.98. The first-order valence-electron chi connectivity index (χ1n) is 11.2. The molecular weight excluding hydrogens is 442 g/mol. The summed E-state index contributed by atoms with van der Waals surface area (Å²) >= 11 is 5.80. The van der Waals surface area contributed by atoms with E-state index >= 15 is 0 Å². The predicted octanol–water partition coefficient (Wildman–Crippen LogP) is 5.86. The maximum atomic E-state index is 13.0. The highest BCUT2D eigenvalue weighted by Crippen LogP contribution is 2.21. The molecule has 0 spiro atoms. The van der Waals surface area contributed by atoms with Crippen molar-refractivity contribution in [1.82, 2.24) is 9.88 Å².